The zero-order valence-electron chi connectivity index (χ0n) is 17.7. The minimum Gasteiger partial charge on any atom is -0.422 e. The van der Waals surface area contributed by atoms with E-state index in [2.05, 4.69) is 11.2 Å². The molecule has 6 rings (SSSR count). The fourth-order valence-electron chi connectivity index (χ4n) is 4.45. The molecule has 5 aromatic rings. The first-order valence-corrected chi connectivity index (χ1v) is 11.4. The average Bonchev–Trinajstić information content (AvgIpc) is 3.29. The van der Waals surface area contributed by atoms with Crippen LogP contribution in [0.5, 0.6) is 0 Å². The van der Waals surface area contributed by atoms with Crippen molar-refractivity contribution in [2.24, 2.45) is 0 Å². The maximum atomic E-state index is 13.2. The topological polar surface area (TPSA) is 97.3 Å². The number of anilines is 1. The monoisotopic (exact) mass is 490 g/mol. The molecule has 0 radical (unpaired) electrons. The van der Waals surface area contributed by atoms with Crippen molar-refractivity contribution in [3.05, 3.63) is 81.7 Å². The fourth-order valence-corrected chi connectivity index (χ4v) is 5.52. The maximum Gasteiger partial charge on any atom is 0.416 e. The molecule has 2 N–H and O–H groups in total. The number of hydrogen-bond acceptors (Lipinski definition) is 6. The van der Waals surface area contributed by atoms with Gasteiger partial charge in [-0.1, -0.05) is 30.3 Å². The number of nitrogens with two attached hydrogens (primary N) is 1. The normalized spacial score (nSPS) is 13.0. The van der Waals surface area contributed by atoms with E-state index in [-0.39, 0.29) is 28.0 Å². The molecule has 172 valence electrons. The van der Waals surface area contributed by atoms with Crippen LogP contribution < -0.4 is 11.4 Å². The second-order valence-electron chi connectivity index (χ2n) is 8.01. The van der Waals surface area contributed by atoms with Crippen molar-refractivity contribution in [3.63, 3.8) is 0 Å². The number of benzene rings is 2. The molecule has 0 saturated heterocycles. The molecule has 0 amide bonds. The summed E-state index contributed by atoms with van der Waals surface area (Å²) in [6, 6.07) is 15.9. The number of fused-ring (bicyclic) bond motifs is 6. The Hall–Kier alpha value is -4.23. The Bertz CT molecular complexity index is 1800. The summed E-state index contributed by atoms with van der Waals surface area (Å²) in [6.07, 6.45) is -4.52. The lowest BCUT2D eigenvalue weighted by molar-refractivity contribution is -0.137. The van der Waals surface area contributed by atoms with E-state index in [1.54, 1.807) is 11.8 Å². The van der Waals surface area contributed by atoms with Crippen molar-refractivity contribution in [3.8, 4) is 28.7 Å². The van der Waals surface area contributed by atoms with Crippen LogP contribution in [0.4, 0.5) is 19.0 Å². The number of nitrogens with zero attached hydrogens (tertiary/aromatic N) is 3. The Morgan fingerprint density at radius 2 is 1.91 bits per heavy atom. The lowest BCUT2D eigenvalue weighted by atomic mass is 9.98. The molecule has 4 heterocycles. The highest BCUT2D eigenvalue weighted by atomic mass is 32.2. The predicted molar refractivity (Wildman–Crippen MR) is 126 cm³/mol. The smallest absolute Gasteiger partial charge is 0.416 e. The molecule has 1 aliphatic heterocycles. The van der Waals surface area contributed by atoms with Gasteiger partial charge in [-0.15, -0.1) is 11.8 Å². The minimum atomic E-state index is -4.52. The number of halogens is 3. The highest BCUT2D eigenvalue weighted by Gasteiger charge is 2.31. The van der Waals surface area contributed by atoms with Gasteiger partial charge in [0.25, 0.3) is 0 Å². The van der Waals surface area contributed by atoms with E-state index < -0.39 is 17.4 Å². The first-order valence-electron chi connectivity index (χ1n) is 10.4. The molecule has 0 fully saturated rings. The Balaban J connectivity index is 1.68. The average molecular weight is 490 g/mol. The van der Waals surface area contributed by atoms with E-state index in [9.17, 15) is 23.2 Å². The predicted octanol–water partition coefficient (Wildman–Crippen LogP) is 5.85. The first kappa shape index (κ1) is 21.3. The van der Waals surface area contributed by atoms with E-state index in [1.165, 1.54) is 22.7 Å². The molecular weight excluding hydrogens is 477 g/mol. The van der Waals surface area contributed by atoms with Gasteiger partial charge in [-0.2, -0.15) is 23.5 Å². The van der Waals surface area contributed by atoms with Gasteiger partial charge in [0.15, 0.2) is 0 Å². The van der Waals surface area contributed by atoms with Gasteiger partial charge in [0.05, 0.1) is 22.3 Å². The van der Waals surface area contributed by atoms with Gasteiger partial charge in [-0.3, -0.25) is 0 Å². The highest BCUT2D eigenvalue weighted by molar-refractivity contribution is 7.98. The van der Waals surface area contributed by atoms with E-state index >= 15 is 0 Å². The molecule has 2 aromatic carbocycles. The second kappa shape index (κ2) is 7.38. The van der Waals surface area contributed by atoms with Crippen LogP contribution in [0.1, 0.15) is 16.7 Å². The number of nitriles is 1. The summed E-state index contributed by atoms with van der Waals surface area (Å²) in [5.41, 5.74) is 7.05. The van der Waals surface area contributed by atoms with Crippen LogP contribution in [0.25, 0.3) is 38.9 Å². The van der Waals surface area contributed by atoms with Crippen LogP contribution in [0.15, 0.2) is 68.7 Å². The molecule has 0 saturated carbocycles. The van der Waals surface area contributed by atoms with Crippen LogP contribution in [0.2, 0.25) is 0 Å². The number of pyridine rings is 1. The van der Waals surface area contributed by atoms with Crippen molar-refractivity contribution in [1.29, 1.82) is 5.26 Å². The van der Waals surface area contributed by atoms with Gasteiger partial charge in [-0.25, -0.2) is 9.31 Å². The summed E-state index contributed by atoms with van der Waals surface area (Å²) in [6.45, 7) is 0. The Morgan fingerprint density at radius 3 is 2.69 bits per heavy atom. The fraction of sp³-hybridized carbons (Fsp3) is 0.0800. The molecule has 0 aliphatic carbocycles. The summed E-state index contributed by atoms with van der Waals surface area (Å²) in [4.78, 5) is 14.0. The SMILES string of the molecule is N#Cc1c2c3c(oc(=O)c2c(N)n2nc(-c4cccc(C(F)(F)F)c4)cc12)-c1ccccc1SC3. The van der Waals surface area contributed by atoms with Crippen molar-refractivity contribution < 1.29 is 17.6 Å². The van der Waals surface area contributed by atoms with Crippen LogP contribution in [0, 0.1) is 11.3 Å². The molecule has 1 aliphatic rings. The molecule has 35 heavy (non-hydrogen) atoms. The number of nitrogen functional groups attached to an aromatic ring is 1. The van der Waals surface area contributed by atoms with Gasteiger partial charge in [0.1, 0.15) is 23.0 Å². The number of aromatic nitrogens is 2. The second-order valence-corrected chi connectivity index (χ2v) is 9.03. The van der Waals surface area contributed by atoms with Crippen molar-refractivity contribution >= 4 is 33.9 Å². The molecule has 0 unspecified atom stereocenters. The Labute approximate surface area is 199 Å². The van der Waals surface area contributed by atoms with Crippen LogP contribution in [-0.2, 0) is 11.9 Å². The lowest BCUT2D eigenvalue weighted by Gasteiger charge is -2.20. The molecule has 0 spiro atoms. The zero-order valence-corrected chi connectivity index (χ0v) is 18.5. The van der Waals surface area contributed by atoms with Gasteiger partial charge in [-0.05, 0) is 24.3 Å². The summed E-state index contributed by atoms with van der Waals surface area (Å²) < 4.78 is 46.6. The largest absolute Gasteiger partial charge is 0.422 e. The number of hydrogen-bond donors (Lipinski definition) is 1. The van der Waals surface area contributed by atoms with Crippen molar-refractivity contribution in [2.75, 3.05) is 5.73 Å². The highest BCUT2D eigenvalue weighted by Crippen LogP contribution is 2.45. The quantitative estimate of drug-likeness (QED) is 0.316. The van der Waals surface area contributed by atoms with E-state index in [4.69, 9.17) is 10.2 Å². The summed E-state index contributed by atoms with van der Waals surface area (Å²) in [5, 5.41) is 14.9. The minimum absolute atomic E-state index is 0.0199. The maximum absolute atomic E-state index is 13.2. The third-order valence-electron chi connectivity index (χ3n) is 6.03. The number of rotatable bonds is 1. The molecule has 10 heteroatoms. The number of thioether (sulfide) groups is 1. The molecule has 3 aromatic heterocycles. The van der Waals surface area contributed by atoms with Gasteiger partial charge in [0.2, 0.25) is 0 Å². The first-order chi connectivity index (χ1) is 16.8. The molecule has 0 bridgehead atoms. The molecular formula is C25H13F3N4O2S. The van der Waals surface area contributed by atoms with Crippen molar-refractivity contribution in [1.82, 2.24) is 9.61 Å². The van der Waals surface area contributed by atoms with Crippen LogP contribution in [-0.4, -0.2) is 9.61 Å². The molecule has 0 atom stereocenters. The van der Waals surface area contributed by atoms with Gasteiger partial charge < -0.3 is 10.2 Å². The van der Waals surface area contributed by atoms with E-state index in [0.717, 1.165) is 22.6 Å². The van der Waals surface area contributed by atoms with Crippen LogP contribution >= 0.6 is 11.8 Å². The summed E-state index contributed by atoms with van der Waals surface area (Å²) in [5.74, 6) is 0.785. The summed E-state index contributed by atoms with van der Waals surface area (Å²) >= 11 is 1.55. The lowest BCUT2D eigenvalue weighted by Crippen LogP contribution is -2.13. The standard InChI is InChI=1S/C25H13F3N4O2S/c26-25(27,28)13-5-3-4-12(8-13)17-9-18-15(10-29)20-16-11-35-19-7-2-1-6-14(19)22(16)34-24(33)21(20)23(30)32(18)31-17/h1-9H,11,30H2. The Kier molecular flexibility index (Phi) is 4.50. The summed E-state index contributed by atoms with van der Waals surface area (Å²) in [7, 11) is 0. The van der Waals surface area contributed by atoms with Gasteiger partial charge in [0, 0.05) is 32.7 Å². The van der Waals surface area contributed by atoms with E-state index in [1.807, 2.05) is 24.3 Å². The van der Waals surface area contributed by atoms with Crippen LogP contribution in [0.3, 0.4) is 0 Å². The Morgan fingerprint density at radius 1 is 1.11 bits per heavy atom. The van der Waals surface area contributed by atoms with E-state index in [0.29, 0.717) is 28.0 Å². The van der Waals surface area contributed by atoms with Gasteiger partial charge >= 0.3 is 11.8 Å². The number of alkyl halides is 3. The third-order valence-corrected chi connectivity index (χ3v) is 7.13. The van der Waals surface area contributed by atoms with Crippen molar-refractivity contribution in [2.45, 2.75) is 16.8 Å². The zero-order chi connectivity index (χ0) is 24.5. The molecule has 6 nitrogen and oxygen atoms in total. The third kappa shape index (κ3) is 3.12.